The van der Waals surface area contributed by atoms with Crippen LogP contribution in [0.3, 0.4) is 0 Å². The van der Waals surface area contributed by atoms with E-state index in [1.54, 1.807) is 7.11 Å². The molecule has 1 aliphatic carbocycles. The smallest absolute Gasteiger partial charge is 0.254 e. The first-order valence-corrected chi connectivity index (χ1v) is 11.6. The van der Waals surface area contributed by atoms with Gasteiger partial charge in [-0.1, -0.05) is 31.0 Å². The predicted molar refractivity (Wildman–Crippen MR) is 126 cm³/mol. The van der Waals surface area contributed by atoms with Crippen molar-refractivity contribution in [3.63, 3.8) is 0 Å². The van der Waals surface area contributed by atoms with Crippen molar-refractivity contribution in [2.75, 3.05) is 18.6 Å². The fraction of sp³-hybridized carbons (Fsp3) is 0.360. The SMILES string of the molecule is COc1ccc2cc([C@H](c3nnnn3C3CCCC3)N3CCc4ccccc43)c(=O)[nH]c2c1. The largest absolute Gasteiger partial charge is 0.497 e. The van der Waals surface area contributed by atoms with E-state index in [1.807, 2.05) is 35.0 Å². The Labute approximate surface area is 191 Å². The predicted octanol–water partition coefficient (Wildman–Crippen LogP) is 3.79. The van der Waals surface area contributed by atoms with Crippen LogP contribution in [0.4, 0.5) is 5.69 Å². The van der Waals surface area contributed by atoms with Gasteiger partial charge in [0.1, 0.15) is 11.8 Å². The van der Waals surface area contributed by atoms with E-state index >= 15 is 0 Å². The molecule has 1 saturated carbocycles. The summed E-state index contributed by atoms with van der Waals surface area (Å²) in [6.07, 6.45) is 5.42. The van der Waals surface area contributed by atoms with Crippen molar-refractivity contribution >= 4 is 16.6 Å². The fourth-order valence-corrected chi connectivity index (χ4v) is 5.39. The second kappa shape index (κ2) is 8.03. The third-order valence-corrected chi connectivity index (χ3v) is 7.04. The van der Waals surface area contributed by atoms with Crippen LogP contribution >= 0.6 is 0 Å². The minimum Gasteiger partial charge on any atom is -0.497 e. The van der Waals surface area contributed by atoms with Gasteiger partial charge in [-0.2, -0.15) is 0 Å². The van der Waals surface area contributed by atoms with E-state index in [4.69, 9.17) is 4.74 Å². The van der Waals surface area contributed by atoms with Gasteiger partial charge in [-0.05, 0) is 64.9 Å². The van der Waals surface area contributed by atoms with Crippen molar-refractivity contribution < 1.29 is 4.74 Å². The maximum absolute atomic E-state index is 13.5. The van der Waals surface area contributed by atoms with Crippen LogP contribution in [0.1, 0.15) is 54.7 Å². The maximum Gasteiger partial charge on any atom is 0.254 e. The number of aromatic amines is 1. The molecule has 33 heavy (non-hydrogen) atoms. The minimum absolute atomic E-state index is 0.133. The van der Waals surface area contributed by atoms with Crippen molar-refractivity contribution in [1.29, 1.82) is 0 Å². The van der Waals surface area contributed by atoms with Crippen molar-refractivity contribution in [3.8, 4) is 5.75 Å². The van der Waals surface area contributed by atoms with Gasteiger partial charge in [0.05, 0.1) is 18.7 Å². The first kappa shape index (κ1) is 20.0. The highest BCUT2D eigenvalue weighted by Crippen LogP contribution is 2.39. The van der Waals surface area contributed by atoms with Crippen molar-refractivity contribution in [1.82, 2.24) is 25.2 Å². The molecule has 2 aromatic heterocycles. The van der Waals surface area contributed by atoms with E-state index in [9.17, 15) is 4.79 Å². The topological polar surface area (TPSA) is 88.9 Å². The number of para-hydroxylation sites is 1. The number of nitrogens with zero attached hydrogens (tertiary/aromatic N) is 5. The number of pyridine rings is 1. The molecule has 0 radical (unpaired) electrons. The van der Waals surface area contributed by atoms with Crippen LogP contribution in [0.25, 0.3) is 10.9 Å². The third-order valence-electron chi connectivity index (χ3n) is 7.04. The standard InChI is InChI=1S/C25H26N6O2/c1-33-19-11-10-17-14-20(25(32)26-21(17)15-19)23(30-13-12-16-6-2-5-9-22(16)30)24-27-28-29-31(24)18-7-3-4-8-18/h2,5-6,9-11,14-15,18,23H,3-4,7-8,12-13H2,1H3,(H,26,32)/t23-/m1/s1. The van der Waals surface area contributed by atoms with Gasteiger partial charge in [-0.25, -0.2) is 4.68 Å². The van der Waals surface area contributed by atoms with Gasteiger partial charge in [0, 0.05) is 23.9 Å². The van der Waals surface area contributed by atoms with Gasteiger partial charge in [-0.15, -0.1) is 5.10 Å². The molecule has 0 saturated heterocycles. The van der Waals surface area contributed by atoms with Crippen molar-refractivity contribution in [2.45, 2.75) is 44.2 Å². The molecular weight excluding hydrogens is 416 g/mol. The number of nitrogens with one attached hydrogen (secondary N) is 1. The molecule has 0 unspecified atom stereocenters. The lowest BCUT2D eigenvalue weighted by Crippen LogP contribution is -2.34. The molecule has 2 aliphatic rings. The summed E-state index contributed by atoms with van der Waals surface area (Å²) in [6.45, 7) is 0.807. The number of hydrogen-bond donors (Lipinski definition) is 1. The molecule has 0 amide bonds. The highest BCUT2D eigenvalue weighted by atomic mass is 16.5. The Morgan fingerprint density at radius 1 is 1.12 bits per heavy atom. The van der Waals surface area contributed by atoms with Gasteiger partial charge in [0.25, 0.3) is 5.56 Å². The average molecular weight is 443 g/mol. The van der Waals surface area contributed by atoms with E-state index in [0.717, 1.165) is 48.2 Å². The average Bonchev–Trinajstić information content (AvgIpc) is 3.60. The number of hydrogen-bond acceptors (Lipinski definition) is 6. The van der Waals surface area contributed by atoms with E-state index in [2.05, 4.69) is 43.6 Å². The third kappa shape index (κ3) is 3.37. The number of fused-ring (bicyclic) bond motifs is 2. The summed E-state index contributed by atoms with van der Waals surface area (Å²) in [5.41, 5.74) is 3.69. The Balaban J connectivity index is 1.54. The molecule has 1 N–H and O–H groups in total. The Morgan fingerprint density at radius 2 is 1.97 bits per heavy atom. The minimum atomic E-state index is -0.375. The molecular formula is C25H26N6O2. The Bertz CT molecular complexity index is 1370. The lowest BCUT2D eigenvalue weighted by molar-refractivity contribution is 0.415. The molecule has 1 atom stereocenters. The van der Waals surface area contributed by atoms with Gasteiger partial charge in [0.15, 0.2) is 5.82 Å². The molecule has 8 heteroatoms. The van der Waals surface area contributed by atoms with Crippen molar-refractivity contribution in [2.24, 2.45) is 0 Å². The number of aromatic nitrogens is 5. The number of rotatable bonds is 5. The van der Waals surface area contributed by atoms with Crippen LogP contribution < -0.4 is 15.2 Å². The molecule has 6 rings (SSSR count). The van der Waals surface area contributed by atoms with Crippen LogP contribution in [0.2, 0.25) is 0 Å². The van der Waals surface area contributed by atoms with Gasteiger partial charge in [0.2, 0.25) is 0 Å². The first-order valence-electron chi connectivity index (χ1n) is 11.6. The molecule has 3 heterocycles. The molecule has 8 nitrogen and oxygen atoms in total. The normalized spacial score (nSPS) is 16.9. The lowest BCUT2D eigenvalue weighted by atomic mass is 10.0. The zero-order chi connectivity index (χ0) is 22.4. The van der Waals surface area contributed by atoms with Crippen LogP contribution in [0, 0.1) is 0 Å². The Kier molecular flexibility index (Phi) is 4.86. The van der Waals surface area contributed by atoms with Crippen LogP contribution in [-0.4, -0.2) is 38.8 Å². The number of H-pyrrole nitrogens is 1. The summed E-state index contributed by atoms with van der Waals surface area (Å²) < 4.78 is 7.30. The fourth-order valence-electron chi connectivity index (χ4n) is 5.39. The number of benzene rings is 2. The second-order valence-corrected chi connectivity index (χ2v) is 8.90. The van der Waals surface area contributed by atoms with E-state index < -0.39 is 0 Å². The molecule has 0 bridgehead atoms. The maximum atomic E-state index is 13.5. The first-order chi connectivity index (χ1) is 16.2. The van der Waals surface area contributed by atoms with Crippen LogP contribution in [0.15, 0.2) is 53.3 Å². The summed E-state index contributed by atoms with van der Waals surface area (Å²) >= 11 is 0. The second-order valence-electron chi connectivity index (χ2n) is 8.90. The molecule has 0 spiro atoms. The molecule has 2 aromatic carbocycles. The zero-order valence-corrected chi connectivity index (χ0v) is 18.6. The quantitative estimate of drug-likeness (QED) is 0.506. The number of methoxy groups -OCH3 is 1. The van der Waals surface area contributed by atoms with E-state index in [0.29, 0.717) is 11.3 Å². The van der Waals surface area contributed by atoms with Gasteiger partial charge >= 0.3 is 0 Å². The van der Waals surface area contributed by atoms with Gasteiger partial charge < -0.3 is 14.6 Å². The summed E-state index contributed by atoms with van der Waals surface area (Å²) in [5.74, 6) is 1.44. The summed E-state index contributed by atoms with van der Waals surface area (Å²) in [6, 6.07) is 16.0. The monoisotopic (exact) mass is 442 g/mol. The summed E-state index contributed by atoms with van der Waals surface area (Å²) in [5, 5.41) is 13.9. The number of ether oxygens (including phenoxy) is 1. The van der Waals surface area contributed by atoms with Gasteiger partial charge in [-0.3, -0.25) is 4.79 Å². The zero-order valence-electron chi connectivity index (χ0n) is 18.6. The van der Waals surface area contributed by atoms with Crippen LogP contribution in [0.5, 0.6) is 5.75 Å². The molecule has 1 fully saturated rings. The summed E-state index contributed by atoms with van der Waals surface area (Å²) in [4.78, 5) is 18.8. The highest BCUT2D eigenvalue weighted by molar-refractivity contribution is 5.81. The molecule has 1 aliphatic heterocycles. The molecule has 4 aromatic rings. The number of tetrazole rings is 1. The number of anilines is 1. The van der Waals surface area contributed by atoms with Crippen LogP contribution in [-0.2, 0) is 6.42 Å². The Hall–Kier alpha value is -3.68. The summed E-state index contributed by atoms with van der Waals surface area (Å²) in [7, 11) is 1.62. The van der Waals surface area contributed by atoms with E-state index in [1.165, 1.54) is 18.4 Å². The Morgan fingerprint density at radius 3 is 2.82 bits per heavy atom. The van der Waals surface area contributed by atoms with E-state index in [-0.39, 0.29) is 17.6 Å². The molecule has 168 valence electrons. The highest BCUT2D eigenvalue weighted by Gasteiger charge is 2.36. The lowest BCUT2D eigenvalue weighted by Gasteiger charge is -2.30. The van der Waals surface area contributed by atoms with Crippen molar-refractivity contribution in [3.05, 3.63) is 75.8 Å².